The van der Waals surface area contributed by atoms with E-state index in [1.165, 1.54) is 32.1 Å². The maximum atomic E-state index is 6.25. The van der Waals surface area contributed by atoms with Gasteiger partial charge in [-0.25, -0.2) is 4.98 Å². The van der Waals surface area contributed by atoms with E-state index in [1.54, 1.807) is 0 Å². The molecule has 0 bridgehead atoms. The Morgan fingerprint density at radius 3 is 2.76 bits per heavy atom. The number of halogens is 1. The fraction of sp³-hybridized carbons (Fsp3) is 0.706. The van der Waals surface area contributed by atoms with Gasteiger partial charge in [0.1, 0.15) is 5.82 Å². The highest BCUT2D eigenvalue weighted by Gasteiger charge is 2.16. The first-order valence-corrected chi connectivity index (χ1v) is 8.65. The third-order valence-electron chi connectivity index (χ3n) is 4.27. The molecule has 4 heteroatoms. The number of hydrogen-bond donors (Lipinski definition) is 1. The van der Waals surface area contributed by atoms with E-state index in [1.807, 2.05) is 12.1 Å². The van der Waals surface area contributed by atoms with Crippen LogP contribution in [0.1, 0.15) is 51.1 Å². The van der Waals surface area contributed by atoms with Crippen LogP contribution in [0.25, 0.3) is 0 Å². The summed E-state index contributed by atoms with van der Waals surface area (Å²) in [6.07, 6.45) is 8.04. The molecule has 118 valence electrons. The van der Waals surface area contributed by atoms with Gasteiger partial charge in [-0.05, 0) is 43.9 Å². The van der Waals surface area contributed by atoms with Gasteiger partial charge in [0.25, 0.3) is 0 Å². The normalized spacial score (nSPS) is 16.1. The van der Waals surface area contributed by atoms with Crippen LogP contribution in [-0.4, -0.2) is 25.1 Å². The minimum absolute atomic E-state index is 0.748. The number of rotatable bonds is 7. The number of hydrogen-bond acceptors (Lipinski definition) is 3. The molecule has 2 rings (SSSR count). The predicted molar refractivity (Wildman–Crippen MR) is 91.1 cm³/mol. The van der Waals surface area contributed by atoms with Crippen LogP contribution in [0.3, 0.4) is 0 Å². The molecule has 0 aromatic carbocycles. The fourth-order valence-corrected chi connectivity index (χ4v) is 3.22. The van der Waals surface area contributed by atoms with Crippen LogP contribution in [0.4, 0.5) is 5.82 Å². The predicted octanol–water partition coefficient (Wildman–Crippen LogP) is 4.25. The van der Waals surface area contributed by atoms with Crippen molar-refractivity contribution >= 4 is 17.4 Å². The highest BCUT2D eigenvalue weighted by molar-refractivity contribution is 6.31. The number of pyridine rings is 1. The van der Waals surface area contributed by atoms with Crippen molar-refractivity contribution in [3.8, 4) is 0 Å². The third-order valence-corrected chi connectivity index (χ3v) is 4.62. The summed E-state index contributed by atoms with van der Waals surface area (Å²) >= 11 is 6.25. The second kappa shape index (κ2) is 8.60. The van der Waals surface area contributed by atoms with Crippen molar-refractivity contribution in [2.45, 2.75) is 52.0 Å². The van der Waals surface area contributed by atoms with Gasteiger partial charge in [-0.1, -0.05) is 37.8 Å². The van der Waals surface area contributed by atoms with Crippen molar-refractivity contribution in [3.05, 3.63) is 22.8 Å². The van der Waals surface area contributed by atoms with Crippen LogP contribution in [0.2, 0.25) is 5.02 Å². The van der Waals surface area contributed by atoms with Crippen molar-refractivity contribution in [3.63, 3.8) is 0 Å². The molecule has 3 nitrogen and oxygen atoms in total. The average Bonchev–Trinajstić information content (AvgIpc) is 2.50. The first-order valence-electron chi connectivity index (χ1n) is 8.28. The quantitative estimate of drug-likeness (QED) is 0.763. The second-order valence-corrected chi connectivity index (χ2v) is 6.57. The van der Waals surface area contributed by atoms with Crippen LogP contribution in [0, 0.1) is 5.92 Å². The number of nitrogens with one attached hydrogen (secondary N) is 1. The van der Waals surface area contributed by atoms with E-state index >= 15 is 0 Å². The van der Waals surface area contributed by atoms with Crippen molar-refractivity contribution < 1.29 is 0 Å². The van der Waals surface area contributed by atoms with Gasteiger partial charge < -0.3 is 10.2 Å². The number of anilines is 1. The Bertz CT molecular complexity index is 430. The molecule has 1 heterocycles. The Balaban J connectivity index is 1.95. The lowest BCUT2D eigenvalue weighted by molar-refractivity contribution is 0.361. The highest BCUT2D eigenvalue weighted by atomic mass is 35.5. The summed E-state index contributed by atoms with van der Waals surface area (Å²) in [6.45, 7) is 5.02. The van der Waals surface area contributed by atoms with Gasteiger partial charge in [-0.3, -0.25) is 0 Å². The zero-order valence-corrected chi connectivity index (χ0v) is 14.1. The maximum absolute atomic E-state index is 6.25. The summed E-state index contributed by atoms with van der Waals surface area (Å²) in [5.74, 6) is 1.86. The van der Waals surface area contributed by atoms with Gasteiger partial charge in [0.2, 0.25) is 0 Å². The molecular weight excluding hydrogens is 282 g/mol. The molecule has 0 aliphatic heterocycles. The van der Waals surface area contributed by atoms with Gasteiger partial charge >= 0.3 is 0 Å². The fourth-order valence-electron chi connectivity index (χ4n) is 3.04. The molecule has 0 amide bonds. The van der Waals surface area contributed by atoms with Crippen molar-refractivity contribution in [2.75, 3.05) is 25.0 Å². The summed E-state index contributed by atoms with van der Waals surface area (Å²) in [5, 5.41) is 4.13. The molecule has 0 spiro atoms. The van der Waals surface area contributed by atoms with E-state index in [0.29, 0.717) is 0 Å². The summed E-state index contributed by atoms with van der Waals surface area (Å²) in [5.41, 5.74) is 0.957. The molecular formula is C17H28ClN3. The van der Waals surface area contributed by atoms with E-state index in [0.717, 1.165) is 48.5 Å². The van der Waals surface area contributed by atoms with Gasteiger partial charge in [-0.15, -0.1) is 0 Å². The molecule has 1 aromatic heterocycles. The number of aromatic nitrogens is 1. The van der Waals surface area contributed by atoms with Crippen molar-refractivity contribution in [1.82, 2.24) is 10.3 Å². The van der Waals surface area contributed by atoms with E-state index < -0.39 is 0 Å². The molecule has 1 N–H and O–H groups in total. The Morgan fingerprint density at radius 1 is 1.29 bits per heavy atom. The van der Waals surface area contributed by atoms with E-state index in [9.17, 15) is 0 Å². The van der Waals surface area contributed by atoms with Gasteiger partial charge in [-0.2, -0.15) is 0 Å². The minimum Gasteiger partial charge on any atom is -0.359 e. The lowest BCUT2D eigenvalue weighted by atomic mass is 9.89. The third kappa shape index (κ3) is 5.15. The van der Waals surface area contributed by atoms with E-state index in [-0.39, 0.29) is 0 Å². The average molecular weight is 310 g/mol. The summed E-state index contributed by atoms with van der Waals surface area (Å²) in [4.78, 5) is 7.03. The van der Waals surface area contributed by atoms with E-state index in [4.69, 9.17) is 16.6 Å². The highest BCUT2D eigenvalue weighted by Crippen LogP contribution is 2.26. The molecule has 0 saturated heterocycles. The minimum atomic E-state index is 0.748. The zero-order chi connectivity index (χ0) is 15.1. The molecule has 0 radical (unpaired) electrons. The molecule has 21 heavy (non-hydrogen) atoms. The van der Waals surface area contributed by atoms with Gasteiger partial charge in [0, 0.05) is 20.1 Å². The van der Waals surface area contributed by atoms with Gasteiger partial charge in [0.05, 0.1) is 10.7 Å². The molecule has 0 unspecified atom stereocenters. The second-order valence-electron chi connectivity index (χ2n) is 6.16. The van der Waals surface area contributed by atoms with E-state index in [2.05, 4.69) is 24.2 Å². The zero-order valence-electron chi connectivity index (χ0n) is 13.4. The standard InChI is InChI=1S/C17H28ClN3/c1-3-11-19-12-16-15(18)9-10-17(20-16)21(2)13-14-7-5-4-6-8-14/h9-10,14,19H,3-8,11-13H2,1-2H3. The van der Waals surface area contributed by atoms with Gasteiger partial charge in [0.15, 0.2) is 0 Å². The Hall–Kier alpha value is -0.800. The van der Waals surface area contributed by atoms with Crippen LogP contribution >= 0.6 is 11.6 Å². The van der Waals surface area contributed by atoms with Crippen LogP contribution < -0.4 is 10.2 Å². The van der Waals surface area contributed by atoms with Crippen LogP contribution in [0.5, 0.6) is 0 Å². The molecule has 1 aromatic rings. The molecule has 1 fully saturated rings. The molecule has 1 saturated carbocycles. The van der Waals surface area contributed by atoms with Crippen molar-refractivity contribution in [2.24, 2.45) is 5.92 Å². The first kappa shape index (κ1) is 16.6. The molecule has 1 aliphatic carbocycles. The topological polar surface area (TPSA) is 28.2 Å². The maximum Gasteiger partial charge on any atom is 0.128 e. The Kier molecular flexibility index (Phi) is 6.78. The molecule has 1 aliphatic rings. The monoisotopic (exact) mass is 309 g/mol. The lowest BCUT2D eigenvalue weighted by Gasteiger charge is -2.28. The summed E-state index contributed by atoms with van der Waals surface area (Å²) in [6, 6.07) is 4.01. The number of nitrogens with zero attached hydrogens (tertiary/aromatic N) is 2. The van der Waals surface area contributed by atoms with Crippen molar-refractivity contribution in [1.29, 1.82) is 0 Å². The smallest absolute Gasteiger partial charge is 0.128 e. The summed E-state index contributed by atoms with van der Waals surface area (Å²) in [7, 11) is 2.15. The Labute approximate surface area is 134 Å². The SMILES string of the molecule is CCCNCc1nc(N(C)CC2CCCCC2)ccc1Cl. The molecule has 0 atom stereocenters. The lowest BCUT2D eigenvalue weighted by Crippen LogP contribution is -2.28. The largest absolute Gasteiger partial charge is 0.359 e. The van der Waals surface area contributed by atoms with Crippen LogP contribution in [-0.2, 0) is 6.54 Å². The first-order chi connectivity index (χ1) is 10.2. The van der Waals surface area contributed by atoms with Crippen LogP contribution in [0.15, 0.2) is 12.1 Å². The summed E-state index contributed by atoms with van der Waals surface area (Å²) < 4.78 is 0. The Morgan fingerprint density at radius 2 is 2.05 bits per heavy atom.